The zero-order valence-electron chi connectivity index (χ0n) is 7.70. The molecule has 0 saturated carbocycles. The van der Waals surface area contributed by atoms with Gasteiger partial charge in [-0.05, 0) is 12.8 Å². The van der Waals surface area contributed by atoms with Crippen LogP contribution < -0.4 is 11.1 Å². The molecule has 1 atom stereocenters. The van der Waals surface area contributed by atoms with Gasteiger partial charge in [-0.15, -0.1) is 0 Å². The Hall–Kier alpha value is -0.810. The van der Waals surface area contributed by atoms with Crippen LogP contribution in [-0.4, -0.2) is 48.3 Å². The highest BCUT2D eigenvalue weighted by molar-refractivity contribution is 5.74. The number of hydrogen-bond acceptors (Lipinski definition) is 3. The molecule has 1 aliphatic rings. The number of nitrogens with one attached hydrogen (secondary N) is 1. The Kier molecular flexibility index (Phi) is 3.98. The van der Waals surface area contributed by atoms with Gasteiger partial charge in [0.2, 0.25) is 0 Å². The van der Waals surface area contributed by atoms with E-state index in [9.17, 15) is 4.79 Å². The lowest BCUT2D eigenvalue weighted by Crippen LogP contribution is -2.48. The third kappa shape index (κ3) is 2.86. The normalized spacial score (nSPS) is 18.8. The molecule has 5 nitrogen and oxygen atoms in total. The van der Waals surface area contributed by atoms with Crippen molar-refractivity contribution in [3.8, 4) is 0 Å². The van der Waals surface area contributed by atoms with Crippen LogP contribution in [0.25, 0.3) is 0 Å². The quantitative estimate of drug-likeness (QED) is 0.536. The summed E-state index contributed by atoms with van der Waals surface area (Å²) in [7, 11) is 0. The van der Waals surface area contributed by atoms with Gasteiger partial charge >= 0.3 is 6.03 Å². The second kappa shape index (κ2) is 5.04. The fourth-order valence-electron chi connectivity index (χ4n) is 1.37. The summed E-state index contributed by atoms with van der Waals surface area (Å²) in [4.78, 5) is 13.2. The van der Waals surface area contributed by atoms with Gasteiger partial charge in [0.15, 0.2) is 0 Å². The average molecular weight is 187 g/mol. The lowest BCUT2D eigenvalue weighted by Gasteiger charge is -2.20. The van der Waals surface area contributed by atoms with Crippen LogP contribution in [0.1, 0.15) is 12.8 Å². The largest absolute Gasteiger partial charge is 0.394 e. The van der Waals surface area contributed by atoms with E-state index in [1.807, 2.05) is 0 Å². The molecule has 1 heterocycles. The zero-order chi connectivity index (χ0) is 9.68. The van der Waals surface area contributed by atoms with Crippen LogP contribution in [0.5, 0.6) is 0 Å². The van der Waals surface area contributed by atoms with E-state index in [4.69, 9.17) is 10.8 Å². The molecule has 0 aliphatic carbocycles. The molecule has 0 spiro atoms. The topological polar surface area (TPSA) is 78.6 Å². The Bertz CT molecular complexity index is 165. The highest BCUT2D eigenvalue weighted by atomic mass is 16.3. The van der Waals surface area contributed by atoms with Crippen molar-refractivity contribution in [1.82, 2.24) is 10.2 Å². The third-order valence-corrected chi connectivity index (χ3v) is 2.23. The second-order valence-electron chi connectivity index (χ2n) is 3.26. The van der Waals surface area contributed by atoms with E-state index in [0.29, 0.717) is 0 Å². The molecule has 1 saturated heterocycles. The van der Waals surface area contributed by atoms with Crippen molar-refractivity contribution in [3.63, 3.8) is 0 Å². The minimum Gasteiger partial charge on any atom is -0.394 e. The number of carbonyl (C=O) groups is 1. The van der Waals surface area contributed by atoms with Gasteiger partial charge in [-0.3, -0.25) is 0 Å². The number of hydrogen-bond donors (Lipinski definition) is 3. The number of likely N-dealkylation sites (tertiary alicyclic amines) is 1. The first-order valence-corrected chi connectivity index (χ1v) is 4.64. The Morgan fingerprint density at radius 3 is 2.62 bits per heavy atom. The molecule has 2 amide bonds. The van der Waals surface area contributed by atoms with E-state index in [0.717, 1.165) is 25.9 Å². The maximum atomic E-state index is 11.4. The standard InChI is InChI=1S/C8H17N3O2/c9-5-7(6-12)10-8(13)11-3-1-2-4-11/h7,12H,1-6,9H2,(H,10,13). The monoisotopic (exact) mass is 187 g/mol. The third-order valence-electron chi connectivity index (χ3n) is 2.23. The smallest absolute Gasteiger partial charge is 0.317 e. The fourth-order valence-corrected chi connectivity index (χ4v) is 1.37. The SMILES string of the molecule is NCC(CO)NC(=O)N1CCCC1. The van der Waals surface area contributed by atoms with Crippen LogP contribution >= 0.6 is 0 Å². The van der Waals surface area contributed by atoms with Crippen LogP contribution in [0, 0.1) is 0 Å². The first-order valence-electron chi connectivity index (χ1n) is 4.64. The molecule has 1 fully saturated rings. The van der Waals surface area contributed by atoms with Gasteiger partial charge < -0.3 is 21.1 Å². The highest BCUT2D eigenvalue weighted by Gasteiger charge is 2.19. The summed E-state index contributed by atoms with van der Waals surface area (Å²) in [5.74, 6) is 0. The maximum absolute atomic E-state index is 11.4. The van der Waals surface area contributed by atoms with Crippen molar-refractivity contribution < 1.29 is 9.90 Å². The van der Waals surface area contributed by atoms with Crippen LogP contribution in [-0.2, 0) is 0 Å². The van der Waals surface area contributed by atoms with E-state index in [1.54, 1.807) is 4.90 Å². The highest BCUT2D eigenvalue weighted by Crippen LogP contribution is 2.06. The van der Waals surface area contributed by atoms with Crippen LogP contribution in [0.15, 0.2) is 0 Å². The average Bonchev–Trinajstić information content (AvgIpc) is 2.66. The summed E-state index contributed by atoms with van der Waals surface area (Å²) in [5.41, 5.74) is 5.34. The van der Waals surface area contributed by atoms with Gasteiger partial charge in [0.1, 0.15) is 0 Å². The molecular formula is C8H17N3O2. The summed E-state index contributed by atoms with van der Waals surface area (Å²) in [6.07, 6.45) is 2.14. The number of carbonyl (C=O) groups excluding carboxylic acids is 1. The molecule has 13 heavy (non-hydrogen) atoms. The Labute approximate surface area is 77.9 Å². The van der Waals surface area contributed by atoms with Gasteiger partial charge in [0, 0.05) is 19.6 Å². The Balaban J connectivity index is 2.30. The fraction of sp³-hybridized carbons (Fsp3) is 0.875. The van der Waals surface area contributed by atoms with Gasteiger partial charge in [-0.2, -0.15) is 0 Å². The number of nitrogens with zero attached hydrogens (tertiary/aromatic N) is 1. The molecule has 1 rings (SSSR count). The molecule has 1 aliphatic heterocycles. The summed E-state index contributed by atoms with van der Waals surface area (Å²) in [6, 6.07) is -0.421. The van der Waals surface area contributed by atoms with Crippen molar-refractivity contribution in [2.24, 2.45) is 5.73 Å². The van der Waals surface area contributed by atoms with Gasteiger partial charge in [0.25, 0.3) is 0 Å². The molecule has 1 unspecified atom stereocenters. The maximum Gasteiger partial charge on any atom is 0.317 e. The Morgan fingerprint density at radius 1 is 1.54 bits per heavy atom. The van der Waals surface area contributed by atoms with Crippen LogP contribution in [0.3, 0.4) is 0 Å². The first kappa shape index (κ1) is 10.3. The van der Waals surface area contributed by atoms with Gasteiger partial charge in [-0.1, -0.05) is 0 Å². The summed E-state index contributed by atoms with van der Waals surface area (Å²) >= 11 is 0. The molecule has 0 aromatic heterocycles. The lowest BCUT2D eigenvalue weighted by molar-refractivity contribution is 0.191. The Morgan fingerprint density at radius 2 is 2.15 bits per heavy atom. The van der Waals surface area contributed by atoms with E-state index in [1.165, 1.54) is 0 Å². The second-order valence-corrected chi connectivity index (χ2v) is 3.26. The molecule has 0 aromatic carbocycles. The molecule has 5 heteroatoms. The number of aliphatic hydroxyl groups excluding tert-OH is 1. The predicted octanol–water partition coefficient (Wildman–Crippen LogP) is -0.889. The molecule has 0 aromatic rings. The summed E-state index contributed by atoms with van der Waals surface area (Å²) < 4.78 is 0. The molecule has 4 N–H and O–H groups in total. The minimum atomic E-state index is -0.312. The molecule has 76 valence electrons. The van der Waals surface area contributed by atoms with Crippen molar-refractivity contribution in [2.75, 3.05) is 26.2 Å². The lowest BCUT2D eigenvalue weighted by atomic mass is 10.3. The minimum absolute atomic E-state index is 0.101. The van der Waals surface area contributed by atoms with E-state index < -0.39 is 0 Å². The van der Waals surface area contributed by atoms with Crippen molar-refractivity contribution in [3.05, 3.63) is 0 Å². The van der Waals surface area contributed by atoms with Gasteiger partial charge in [0.05, 0.1) is 12.6 Å². The summed E-state index contributed by atoms with van der Waals surface area (Å²) in [5, 5.41) is 11.5. The first-order chi connectivity index (χ1) is 6.27. The molecule has 0 radical (unpaired) electrons. The number of aliphatic hydroxyl groups is 1. The summed E-state index contributed by atoms with van der Waals surface area (Å²) in [6.45, 7) is 1.80. The number of urea groups is 1. The number of rotatable bonds is 3. The number of nitrogens with two attached hydrogens (primary N) is 1. The van der Waals surface area contributed by atoms with Crippen molar-refractivity contribution in [1.29, 1.82) is 0 Å². The molecular weight excluding hydrogens is 170 g/mol. The van der Waals surface area contributed by atoms with Crippen molar-refractivity contribution >= 4 is 6.03 Å². The van der Waals surface area contributed by atoms with E-state index in [-0.39, 0.29) is 25.2 Å². The predicted molar refractivity (Wildman–Crippen MR) is 49.3 cm³/mol. The number of amides is 2. The van der Waals surface area contributed by atoms with E-state index in [2.05, 4.69) is 5.32 Å². The zero-order valence-corrected chi connectivity index (χ0v) is 7.70. The molecule has 0 bridgehead atoms. The van der Waals surface area contributed by atoms with E-state index >= 15 is 0 Å². The van der Waals surface area contributed by atoms with Crippen LogP contribution in [0.2, 0.25) is 0 Å². The van der Waals surface area contributed by atoms with Gasteiger partial charge in [-0.25, -0.2) is 4.79 Å². The van der Waals surface area contributed by atoms with Crippen LogP contribution in [0.4, 0.5) is 4.79 Å². The van der Waals surface area contributed by atoms with Crippen molar-refractivity contribution in [2.45, 2.75) is 18.9 Å².